The Morgan fingerprint density at radius 1 is 1.19 bits per heavy atom. The first-order valence-corrected chi connectivity index (χ1v) is 9.28. The number of nitrogens with zero attached hydrogens (tertiary/aromatic N) is 5. The highest BCUT2D eigenvalue weighted by Gasteiger charge is 2.35. The number of rotatable bonds is 3. The minimum atomic E-state index is -4.19. The number of fused-ring (bicyclic) bond motifs is 1. The van der Waals surface area contributed by atoms with Crippen LogP contribution in [0.2, 0.25) is 0 Å². The largest absolute Gasteiger partial charge is 0.401 e. The molecule has 0 N–H and O–H groups in total. The topological polar surface area (TPSA) is 36.7 Å². The molecule has 1 aliphatic heterocycles. The zero-order valence-corrected chi connectivity index (χ0v) is 15.3. The number of aromatic nitrogens is 3. The number of anilines is 1. The van der Waals surface area contributed by atoms with E-state index in [4.69, 9.17) is 0 Å². The monoisotopic (exact) mass is 399 g/mol. The number of benzene rings is 1. The van der Waals surface area contributed by atoms with Crippen LogP contribution in [0, 0.1) is 5.82 Å². The second-order valence-electron chi connectivity index (χ2n) is 6.63. The highest BCUT2D eigenvalue weighted by Crippen LogP contribution is 2.29. The van der Waals surface area contributed by atoms with Gasteiger partial charge in [0, 0.05) is 31.2 Å². The van der Waals surface area contributed by atoms with Crippen LogP contribution in [-0.4, -0.2) is 57.9 Å². The summed E-state index contributed by atoms with van der Waals surface area (Å²) in [5.41, 5.74) is 1.49. The van der Waals surface area contributed by atoms with Crippen molar-refractivity contribution in [3.63, 3.8) is 0 Å². The lowest BCUT2D eigenvalue weighted by molar-refractivity contribution is -0.150. The van der Waals surface area contributed by atoms with Crippen molar-refractivity contribution in [2.24, 2.45) is 0 Å². The van der Waals surface area contributed by atoms with Crippen molar-refractivity contribution in [3.8, 4) is 11.3 Å². The maximum atomic E-state index is 13.0. The maximum absolute atomic E-state index is 13.0. The molecule has 3 heterocycles. The Kier molecular flexibility index (Phi) is 4.55. The summed E-state index contributed by atoms with van der Waals surface area (Å²) in [7, 11) is 0. The molecule has 1 aliphatic rings. The van der Waals surface area contributed by atoms with E-state index in [0.29, 0.717) is 30.3 Å². The smallest absolute Gasteiger partial charge is 0.344 e. The normalized spacial score (nSPS) is 19.1. The first kappa shape index (κ1) is 18.2. The van der Waals surface area contributed by atoms with Gasteiger partial charge in [-0.3, -0.25) is 4.90 Å². The Labute approximate surface area is 156 Å². The van der Waals surface area contributed by atoms with E-state index in [-0.39, 0.29) is 11.9 Å². The van der Waals surface area contributed by atoms with Gasteiger partial charge in [0.2, 0.25) is 10.1 Å². The van der Waals surface area contributed by atoms with Gasteiger partial charge in [0.15, 0.2) is 0 Å². The van der Waals surface area contributed by atoms with Gasteiger partial charge in [0.05, 0.1) is 18.4 Å². The molecule has 0 radical (unpaired) electrons. The average Bonchev–Trinajstić information content (AvgIpc) is 3.15. The van der Waals surface area contributed by atoms with Gasteiger partial charge in [-0.1, -0.05) is 11.3 Å². The van der Waals surface area contributed by atoms with Gasteiger partial charge < -0.3 is 4.90 Å². The van der Waals surface area contributed by atoms with E-state index in [1.165, 1.54) is 28.4 Å². The van der Waals surface area contributed by atoms with Crippen molar-refractivity contribution >= 4 is 21.4 Å². The van der Waals surface area contributed by atoms with Crippen LogP contribution in [0.25, 0.3) is 16.2 Å². The fourth-order valence-electron chi connectivity index (χ4n) is 3.21. The first-order valence-electron chi connectivity index (χ1n) is 8.46. The van der Waals surface area contributed by atoms with Gasteiger partial charge in [-0.05, 0) is 31.2 Å². The maximum Gasteiger partial charge on any atom is 0.401 e. The van der Waals surface area contributed by atoms with Crippen molar-refractivity contribution in [1.82, 2.24) is 19.5 Å². The fourth-order valence-corrected chi connectivity index (χ4v) is 4.13. The minimum Gasteiger partial charge on any atom is -0.344 e. The third-order valence-corrected chi connectivity index (χ3v) is 5.57. The summed E-state index contributed by atoms with van der Waals surface area (Å²) >= 11 is 1.39. The predicted molar refractivity (Wildman–Crippen MR) is 95.6 cm³/mol. The molecule has 3 aromatic rings. The van der Waals surface area contributed by atoms with Gasteiger partial charge in [0.1, 0.15) is 5.82 Å². The highest BCUT2D eigenvalue weighted by atomic mass is 32.1. The quantitative estimate of drug-likeness (QED) is 0.630. The van der Waals surface area contributed by atoms with Crippen LogP contribution < -0.4 is 4.90 Å². The molecule has 27 heavy (non-hydrogen) atoms. The molecular weight excluding hydrogens is 382 g/mol. The van der Waals surface area contributed by atoms with E-state index in [1.807, 2.05) is 4.90 Å². The summed E-state index contributed by atoms with van der Waals surface area (Å²) in [6.45, 7) is 2.22. The Morgan fingerprint density at radius 2 is 1.93 bits per heavy atom. The molecule has 0 bridgehead atoms. The number of imidazole rings is 1. The van der Waals surface area contributed by atoms with E-state index in [2.05, 4.69) is 10.1 Å². The third kappa shape index (κ3) is 3.91. The summed E-state index contributed by atoms with van der Waals surface area (Å²) in [5, 5.41) is 5.26. The minimum absolute atomic E-state index is 0.216. The van der Waals surface area contributed by atoms with Gasteiger partial charge in [-0.15, -0.1) is 5.10 Å². The molecule has 4 rings (SSSR count). The van der Waals surface area contributed by atoms with E-state index in [0.717, 1.165) is 10.7 Å². The van der Waals surface area contributed by atoms with Crippen molar-refractivity contribution in [3.05, 3.63) is 36.3 Å². The van der Waals surface area contributed by atoms with E-state index in [1.54, 1.807) is 29.8 Å². The molecule has 5 nitrogen and oxygen atoms in total. The molecular formula is C17H17F4N5S. The lowest BCUT2D eigenvalue weighted by Gasteiger charge is -2.39. The molecule has 1 saturated heterocycles. The second kappa shape index (κ2) is 6.75. The number of piperazine rings is 1. The molecule has 0 amide bonds. The van der Waals surface area contributed by atoms with Gasteiger partial charge >= 0.3 is 6.18 Å². The van der Waals surface area contributed by atoms with Crippen molar-refractivity contribution in [2.45, 2.75) is 19.1 Å². The summed E-state index contributed by atoms with van der Waals surface area (Å²) in [6.07, 6.45) is -2.42. The van der Waals surface area contributed by atoms with Crippen LogP contribution in [0.5, 0.6) is 0 Å². The van der Waals surface area contributed by atoms with Gasteiger partial charge in [-0.2, -0.15) is 13.2 Å². The molecule has 0 saturated carbocycles. The van der Waals surface area contributed by atoms with Crippen LogP contribution in [0.15, 0.2) is 30.5 Å². The van der Waals surface area contributed by atoms with Crippen LogP contribution in [0.1, 0.15) is 6.92 Å². The van der Waals surface area contributed by atoms with Gasteiger partial charge in [-0.25, -0.2) is 13.9 Å². The Bertz CT molecular complexity index is 902. The highest BCUT2D eigenvalue weighted by molar-refractivity contribution is 7.20. The second-order valence-corrected chi connectivity index (χ2v) is 7.56. The summed E-state index contributed by atoms with van der Waals surface area (Å²) in [4.78, 5) is 8.65. The van der Waals surface area contributed by atoms with E-state index >= 15 is 0 Å². The lowest BCUT2D eigenvalue weighted by atomic mass is 10.2. The molecule has 1 atom stereocenters. The van der Waals surface area contributed by atoms with Gasteiger partial charge in [0.25, 0.3) is 0 Å². The van der Waals surface area contributed by atoms with Crippen LogP contribution in [-0.2, 0) is 0 Å². The van der Waals surface area contributed by atoms with Crippen molar-refractivity contribution in [2.75, 3.05) is 31.1 Å². The third-order valence-electron chi connectivity index (χ3n) is 4.59. The summed E-state index contributed by atoms with van der Waals surface area (Å²) in [6, 6.07) is 5.85. The first-order chi connectivity index (χ1) is 12.8. The number of alkyl halides is 3. The Morgan fingerprint density at radius 3 is 2.56 bits per heavy atom. The number of halogens is 4. The van der Waals surface area contributed by atoms with Crippen molar-refractivity contribution in [1.29, 1.82) is 0 Å². The summed E-state index contributed by atoms with van der Waals surface area (Å²) in [5.74, 6) is -0.307. The predicted octanol–water partition coefficient (Wildman–Crippen LogP) is 3.67. The van der Waals surface area contributed by atoms with Crippen LogP contribution in [0.3, 0.4) is 0 Å². The zero-order chi connectivity index (χ0) is 19.2. The SMILES string of the molecule is CC1CN(c2nn3cc(-c4ccc(F)cc4)nc3s2)CCN1CC(F)(F)F. The van der Waals surface area contributed by atoms with Crippen molar-refractivity contribution < 1.29 is 17.6 Å². The molecule has 0 aliphatic carbocycles. The lowest BCUT2D eigenvalue weighted by Crippen LogP contribution is -2.54. The summed E-state index contributed by atoms with van der Waals surface area (Å²) < 4.78 is 52.6. The molecule has 1 unspecified atom stereocenters. The fraction of sp³-hybridized carbons (Fsp3) is 0.412. The standard InChI is InChI=1S/C17H17F4N5S/c1-11-8-24(6-7-25(11)10-17(19,20)21)16-23-26-9-14(22-15(26)27-16)12-2-4-13(18)5-3-12/h2-5,9,11H,6-8,10H2,1H3. The molecule has 144 valence electrons. The molecule has 1 aromatic carbocycles. The number of hydrogen-bond donors (Lipinski definition) is 0. The van der Waals surface area contributed by atoms with Crippen LogP contribution in [0.4, 0.5) is 22.7 Å². The molecule has 2 aromatic heterocycles. The zero-order valence-electron chi connectivity index (χ0n) is 14.4. The molecule has 0 spiro atoms. The van der Waals surface area contributed by atoms with E-state index in [9.17, 15) is 17.6 Å². The average molecular weight is 399 g/mol. The van der Waals surface area contributed by atoms with E-state index < -0.39 is 12.7 Å². The Balaban J connectivity index is 1.49. The number of hydrogen-bond acceptors (Lipinski definition) is 5. The molecule has 1 fully saturated rings. The van der Waals surface area contributed by atoms with Crippen LogP contribution >= 0.6 is 11.3 Å². The molecule has 10 heteroatoms. The Hall–Kier alpha value is -2.20.